The van der Waals surface area contributed by atoms with Crippen molar-refractivity contribution >= 4 is 11.7 Å². The van der Waals surface area contributed by atoms with Gasteiger partial charge in [-0.2, -0.15) is 0 Å². The van der Waals surface area contributed by atoms with E-state index in [0.717, 1.165) is 12.1 Å². The van der Waals surface area contributed by atoms with Gasteiger partial charge in [0.25, 0.3) is 0 Å². The molecule has 0 saturated heterocycles. The molecule has 0 aliphatic heterocycles. The third kappa shape index (κ3) is 4.01. The summed E-state index contributed by atoms with van der Waals surface area (Å²) < 4.78 is 39.7. The number of halogens is 3. The number of benzene rings is 1. The molecule has 0 aromatic heterocycles. The largest absolute Gasteiger partial charge is 0.481 e. The van der Waals surface area contributed by atoms with Crippen LogP contribution in [0.3, 0.4) is 0 Å². The minimum atomic E-state index is -1.57. The Morgan fingerprint density at radius 3 is 2.47 bits per heavy atom. The number of hydrogen-bond donors (Lipinski definition) is 1. The van der Waals surface area contributed by atoms with Crippen molar-refractivity contribution in [3.8, 4) is 0 Å². The Labute approximate surface area is 109 Å². The fourth-order valence-corrected chi connectivity index (χ4v) is 1.60. The van der Waals surface area contributed by atoms with E-state index in [-0.39, 0.29) is 25.2 Å². The highest BCUT2D eigenvalue weighted by Gasteiger charge is 2.18. The molecule has 3 nitrogen and oxygen atoms in total. The molecule has 0 bridgehead atoms. The van der Waals surface area contributed by atoms with E-state index >= 15 is 0 Å². The van der Waals surface area contributed by atoms with Gasteiger partial charge in [0.05, 0.1) is 12.1 Å². The van der Waals surface area contributed by atoms with Crippen LogP contribution in [0.1, 0.15) is 13.3 Å². The lowest BCUT2D eigenvalue weighted by Gasteiger charge is -2.25. The summed E-state index contributed by atoms with van der Waals surface area (Å²) in [4.78, 5) is 11.9. The number of rotatable bonds is 6. The molecule has 0 saturated carbocycles. The van der Waals surface area contributed by atoms with Crippen LogP contribution in [0.25, 0.3) is 0 Å². The highest BCUT2D eigenvalue weighted by atomic mass is 19.2. The van der Waals surface area contributed by atoms with Gasteiger partial charge in [0.2, 0.25) is 0 Å². The van der Waals surface area contributed by atoms with Gasteiger partial charge in [-0.15, -0.1) is 0 Å². The smallest absolute Gasteiger partial charge is 0.305 e. The van der Waals surface area contributed by atoms with E-state index in [0.29, 0.717) is 5.57 Å². The van der Waals surface area contributed by atoms with Crippen LogP contribution in [-0.2, 0) is 4.79 Å². The van der Waals surface area contributed by atoms with Gasteiger partial charge in [0, 0.05) is 13.1 Å². The Morgan fingerprint density at radius 1 is 1.32 bits per heavy atom. The molecule has 6 heteroatoms. The summed E-state index contributed by atoms with van der Waals surface area (Å²) in [5.41, 5.74) is 0.470. The molecule has 0 heterocycles. The lowest BCUT2D eigenvalue weighted by molar-refractivity contribution is -0.136. The van der Waals surface area contributed by atoms with Crippen LogP contribution < -0.4 is 4.90 Å². The third-order valence-corrected chi connectivity index (χ3v) is 2.41. The van der Waals surface area contributed by atoms with Crippen molar-refractivity contribution in [2.75, 3.05) is 18.0 Å². The van der Waals surface area contributed by atoms with Crippen molar-refractivity contribution in [1.82, 2.24) is 0 Å². The average Bonchev–Trinajstić information content (AvgIpc) is 2.31. The SMILES string of the molecule is C=C(C)CN(CCC(=O)O)c1ccc(F)c(F)c1F. The van der Waals surface area contributed by atoms with E-state index < -0.39 is 23.4 Å². The van der Waals surface area contributed by atoms with Crippen LogP contribution >= 0.6 is 0 Å². The van der Waals surface area contributed by atoms with Gasteiger partial charge >= 0.3 is 5.97 Å². The zero-order valence-electron chi connectivity index (χ0n) is 10.4. The molecule has 0 spiro atoms. The molecule has 104 valence electrons. The van der Waals surface area contributed by atoms with Crippen molar-refractivity contribution in [1.29, 1.82) is 0 Å². The van der Waals surface area contributed by atoms with Gasteiger partial charge in [-0.25, -0.2) is 13.2 Å². The normalized spacial score (nSPS) is 10.3. The van der Waals surface area contributed by atoms with Crippen molar-refractivity contribution in [3.05, 3.63) is 41.7 Å². The Bertz CT molecular complexity index is 503. The number of aliphatic carboxylic acids is 1. The van der Waals surface area contributed by atoms with Crippen molar-refractivity contribution in [2.24, 2.45) is 0 Å². The Hall–Kier alpha value is -1.98. The first-order valence-electron chi connectivity index (χ1n) is 5.57. The van der Waals surface area contributed by atoms with Gasteiger partial charge in [-0.3, -0.25) is 4.79 Å². The van der Waals surface area contributed by atoms with Gasteiger partial charge in [0.1, 0.15) is 0 Å². The second-order valence-corrected chi connectivity index (χ2v) is 4.22. The number of carbonyl (C=O) groups is 1. The van der Waals surface area contributed by atoms with E-state index in [1.54, 1.807) is 6.92 Å². The molecular formula is C13H14F3NO2. The second-order valence-electron chi connectivity index (χ2n) is 4.22. The summed E-state index contributed by atoms with van der Waals surface area (Å²) in [5.74, 6) is -5.24. The first kappa shape index (κ1) is 15.1. The molecule has 1 rings (SSSR count). The highest BCUT2D eigenvalue weighted by molar-refractivity contribution is 5.67. The average molecular weight is 273 g/mol. The van der Waals surface area contributed by atoms with Gasteiger partial charge in [0.15, 0.2) is 17.5 Å². The van der Waals surface area contributed by atoms with Gasteiger partial charge in [-0.05, 0) is 19.1 Å². The minimum Gasteiger partial charge on any atom is -0.481 e. The van der Waals surface area contributed by atoms with Crippen LogP contribution in [-0.4, -0.2) is 24.2 Å². The van der Waals surface area contributed by atoms with Crippen molar-refractivity contribution in [3.63, 3.8) is 0 Å². The number of hydrogen-bond acceptors (Lipinski definition) is 2. The molecule has 0 aliphatic rings. The molecule has 1 aromatic carbocycles. The van der Waals surface area contributed by atoms with E-state index in [4.69, 9.17) is 5.11 Å². The topological polar surface area (TPSA) is 40.5 Å². The molecule has 0 atom stereocenters. The Morgan fingerprint density at radius 2 is 1.95 bits per heavy atom. The summed E-state index contributed by atoms with van der Waals surface area (Å²) in [6.07, 6.45) is -0.244. The quantitative estimate of drug-likeness (QED) is 0.640. The zero-order chi connectivity index (χ0) is 14.6. The number of carboxylic acids is 1. The standard InChI is InChI=1S/C13H14F3NO2/c1-8(2)7-17(6-5-11(18)19)10-4-3-9(14)12(15)13(10)16/h3-4H,1,5-7H2,2H3,(H,18,19). The maximum atomic E-state index is 13.7. The number of carboxylic acid groups (broad SMARTS) is 1. The molecule has 1 N–H and O–H groups in total. The van der Waals surface area contributed by atoms with Gasteiger partial charge in [-0.1, -0.05) is 12.2 Å². The van der Waals surface area contributed by atoms with Crippen LogP contribution in [0.4, 0.5) is 18.9 Å². The summed E-state index contributed by atoms with van der Waals surface area (Å²) in [7, 11) is 0. The first-order chi connectivity index (χ1) is 8.82. The lowest BCUT2D eigenvalue weighted by Crippen LogP contribution is -2.29. The zero-order valence-corrected chi connectivity index (χ0v) is 10.4. The maximum absolute atomic E-state index is 13.7. The van der Waals surface area contributed by atoms with Crippen molar-refractivity contribution < 1.29 is 23.1 Å². The summed E-state index contributed by atoms with van der Waals surface area (Å²) in [5, 5.41) is 8.63. The fraction of sp³-hybridized carbons (Fsp3) is 0.308. The summed E-state index contributed by atoms with van der Waals surface area (Å²) >= 11 is 0. The second kappa shape index (κ2) is 6.26. The molecule has 0 amide bonds. The highest BCUT2D eigenvalue weighted by Crippen LogP contribution is 2.24. The molecule has 0 radical (unpaired) electrons. The van der Waals surface area contributed by atoms with Crippen LogP contribution in [0, 0.1) is 17.5 Å². The van der Waals surface area contributed by atoms with E-state index in [1.165, 1.54) is 4.90 Å². The van der Waals surface area contributed by atoms with E-state index in [2.05, 4.69) is 6.58 Å². The van der Waals surface area contributed by atoms with Gasteiger partial charge < -0.3 is 10.0 Å². The lowest BCUT2D eigenvalue weighted by atomic mass is 10.2. The fourth-order valence-electron chi connectivity index (χ4n) is 1.60. The number of nitrogens with zero attached hydrogens (tertiary/aromatic N) is 1. The molecular weight excluding hydrogens is 259 g/mol. The molecule has 1 aromatic rings. The van der Waals surface area contributed by atoms with E-state index in [9.17, 15) is 18.0 Å². The van der Waals surface area contributed by atoms with Crippen molar-refractivity contribution in [2.45, 2.75) is 13.3 Å². The molecule has 0 unspecified atom stereocenters. The predicted molar refractivity (Wildman–Crippen MR) is 65.6 cm³/mol. The summed E-state index contributed by atoms with van der Waals surface area (Å²) in [6.45, 7) is 5.45. The summed E-state index contributed by atoms with van der Waals surface area (Å²) in [6, 6.07) is 1.89. The van der Waals surface area contributed by atoms with E-state index in [1.807, 2.05) is 0 Å². The number of anilines is 1. The molecule has 19 heavy (non-hydrogen) atoms. The molecule has 0 fully saturated rings. The third-order valence-electron chi connectivity index (χ3n) is 2.41. The Kier molecular flexibility index (Phi) is 4.97. The first-order valence-corrected chi connectivity index (χ1v) is 5.57. The van der Waals surface area contributed by atoms with Crippen LogP contribution in [0.2, 0.25) is 0 Å². The monoisotopic (exact) mass is 273 g/mol. The van der Waals surface area contributed by atoms with Crippen LogP contribution in [0.5, 0.6) is 0 Å². The predicted octanol–water partition coefficient (Wildman–Crippen LogP) is 2.96. The minimum absolute atomic E-state index is 0.0236. The maximum Gasteiger partial charge on any atom is 0.305 e. The Balaban J connectivity index is 3.06. The van der Waals surface area contributed by atoms with Crippen LogP contribution in [0.15, 0.2) is 24.3 Å². The molecule has 0 aliphatic carbocycles.